The van der Waals surface area contributed by atoms with E-state index < -0.39 is 0 Å². The van der Waals surface area contributed by atoms with E-state index in [0.29, 0.717) is 11.6 Å². The maximum absolute atomic E-state index is 6.15. The van der Waals surface area contributed by atoms with E-state index in [1.165, 1.54) is 5.56 Å². The van der Waals surface area contributed by atoms with Gasteiger partial charge in [0.2, 0.25) is 0 Å². The zero-order valence-corrected chi connectivity index (χ0v) is 23.4. The average molecular weight is 588 g/mol. The lowest BCUT2D eigenvalue weighted by Crippen LogP contribution is -2.15. The first kappa shape index (κ1) is 24.7. The van der Waals surface area contributed by atoms with Gasteiger partial charge in [-0.25, -0.2) is 4.52 Å². The third-order valence-corrected chi connectivity index (χ3v) is 7.70. The highest BCUT2D eigenvalue weighted by Crippen LogP contribution is 2.38. The number of nitrogens with zero attached hydrogens (tertiary/aromatic N) is 3. The fourth-order valence-electron chi connectivity index (χ4n) is 5.14. The average Bonchev–Trinajstić information content (AvgIpc) is 3.35. The van der Waals surface area contributed by atoms with Crippen LogP contribution in [0, 0.1) is 0 Å². The zero-order valence-electron chi connectivity index (χ0n) is 21.0. The summed E-state index contributed by atoms with van der Waals surface area (Å²) in [5.74, 6) is 2.42. The number of methoxy groups -OCH3 is 1. The van der Waals surface area contributed by atoms with Crippen LogP contribution in [0.4, 0.5) is 5.69 Å². The first-order chi connectivity index (χ1) is 18.6. The Labute approximate surface area is 235 Å². The molecule has 192 valence electrons. The molecule has 0 unspecified atom stereocenters. The van der Waals surface area contributed by atoms with E-state index in [4.69, 9.17) is 26.8 Å². The Morgan fingerprint density at radius 3 is 2.55 bits per heavy atom. The number of aryl methyl sites for hydroxylation is 2. The van der Waals surface area contributed by atoms with Gasteiger partial charge in [-0.1, -0.05) is 70.6 Å². The summed E-state index contributed by atoms with van der Waals surface area (Å²) in [5.41, 5.74) is 6.34. The molecule has 0 saturated heterocycles. The van der Waals surface area contributed by atoms with Gasteiger partial charge in [-0.15, -0.1) is 5.10 Å². The van der Waals surface area contributed by atoms with Crippen LogP contribution in [0.1, 0.15) is 29.9 Å². The molecule has 0 atom stereocenters. The monoisotopic (exact) mass is 586 g/mol. The normalized spacial score (nSPS) is 12.8. The van der Waals surface area contributed by atoms with Gasteiger partial charge in [0, 0.05) is 22.1 Å². The van der Waals surface area contributed by atoms with Gasteiger partial charge in [0.05, 0.1) is 12.8 Å². The van der Waals surface area contributed by atoms with Gasteiger partial charge in [0.25, 0.3) is 0 Å². The van der Waals surface area contributed by atoms with Crippen LogP contribution >= 0.6 is 28.1 Å². The van der Waals surface area contributed by atoms with Crippen LogP contribution < -0.4 is 14.8 Å². The highest BCUT2D eigenvalue weighted by molar-refractivity contribution is 9.10. The fraction of sp³-hybridized carbons (Fsp3) is 0.200. The maximum Gasteiger partial charge on any atom is 0.169 e. The number of nitrogens with one attached hydrogen (secondary N) is 1. The molecule has 0 saturated carbocycles. The second kappa shape index (κ2) is 10.6. The van der Waals surface area contributed by atoms with Gasteiger partial charge in [-0.2, -0.15) is 0 Å². The highest BCUT2D eigenvalue weighted by Gasteiger charge is 2.29. The number of hydrogen-bond acceptors (Lipinski definition) is 4. The molecule has 0 radical (unpaired) electrons. The van der Waals surface area contributed by atoms with Crippen molar-refractivity contribution in [1.82, 2.24) is 14.2 Å². The number of para-hydroxylation sites is 2. The minimum Gasteiger partial charge on any atom is -0.495 e. The van der Waals surface area contributed by atoms with Crippen molar-refractivity contribution < 1.29 is 9.47 Å². The van der Waals surface area contributed by atoms with Crippen LogP contribution in [0.15, 0.2) is 83.3 Å². The molecule has 0 aliphatic carbocycles. The topological polar surface area (TPSA) is 52.7 Å². The van der Waals surface area contributed by atoms with Gasteiger partial charge in [0.15, 0.2) is 5.82 Å². The summed E-state index contributed by atoms with van der Waals surface area (Å²) in [6, 6.07) is 26.1. The molecule has 5 aromatic rings. The Morgan fingerprint density at radius 2 is 1.76 bits per heavy atom. The molecule has 3 aromatic carbocycles. The molecule has 6 rings (SSSR count). The third kappa shape index (κ3) is 4.59. The van der Waals surface area contributed by atoms with E-state index in [2.05, 4.69) is 50.1 Å². The minimum absolute atomic E-state index is 0.371. The number of benzene rings is 3. The van der Waals surface area contributed by atoms with Gasteiger partial charge < -0.3 is 19.4 Å². The van der Waals surface area contributed by atoms with Crippen LogP contribution in [0.2, 0.25) is 0 Å². The molecule has 0 bridgehead atoms. The molecule has 2 aromatic heterocycles. The van der Waals surface area contributed by atoms with E-state index in [0.717, 1.165) is 75.8 Å². The Morgan fingerprint density at radius 1 is 1.00 bits per heavy atom. The molecule has 1 aliphatic rings. The molecule has 3 heterocycles. The summed E-state index contributed by atoms with van der Waals surface area (Å²) in [6.07, 6.45) is 3.14. The molecule has 1 aliphatic heterocycles. The lowest BCUT2D eigenvalue weighted by molar-refractivity contribution is 0.288. The summed E-state index contributed by atoms with van der Waals surface area (Å²) in [6.45, 7) is 1.26. The van der Waals surface area contributed by atoms with E-state index in [-0.39, 0.29) is 0 Å². The minimum atomic E-state index is 0.371. The maximum atomic E-state index is 6.15. The number of thiocarbonyl (C=S) groups is 1. The van der Waals surface area contributed by atoms with Gasteiger partial charge in [0.1, 0.15) is 34.4 Å². The molecule has 1 N–H and O–H groups in total. The Balaban J connectivity index is 1.48. The van der Waals surface area contributed by atoms with Crippen molar-refractivity contribution in [3.8, 4) is 22.6 Å². The largest absolute Gasteiger partial charge is 0.495 e. The predicted molar refractivity (Wildman–Crippen MR) is 158 cm³/mol. The summed E-state index contributed by atoms with van der Waals surface area (Å²) in [5, 5.41) is 8.54. The van der Waals surface area contributed by atoms with Crippen molar-refractivity contribution in [2.75, 3.05) is 12.4 Å². The van der Waals surface area contributed by atoms with Crippen molar-refractivity contribution in [2.24, 2.45) is 0 Å². The number of aromatic nitrogens is 3. The highest BCUT2D eigenvalue weighted by atomic mass is 79.9. The van der Waals surface area contributed by atoms with Crippen LogP contribution in [-0.2, 0) is 19.6 Å². The molecule has 8 heteroatoms. The number of halogens is 1. The molecule has 6 nitrogen and oxygen atoms in total. The first-order valence-electron chi connectivity index (χ1n) is 12.6. The summed E-state index contributed by atoms with van der Waals surface area (Å²) >= 11 is 9.56. The lowest BCUT2D eigenvalue weighted by Gasteiger charge is -2.14. The van der Waals surface area contributed by atoms with Crippen LogP contribution in [0.25, 0.3) is 16.8 Å². The van der Waals surface area contributed by atoms with Crippen molar-refractivity contribution in [3.05, 3.63) is 100 Å². The van der Waals surface area contributed by atoms with Crippen molar-refractivity contribution in [1.29, 1.82) is 0 Å². The zero-order chi connectivity index (χ0) is 26.1. The first-order valence-corrected chi connectivity index (χ1v) is 13.9. The van der Waals surface area contributed by atoms with E-state index in [1.807, 2.05) is 59.1 Å². The quantitative estimate of drug-likeness (QED) is 0.203. The molecular formula is C30H27BrN4O2S. The number of rotatable bonds is 7. The SMILES string of the molecule is COc1ccccc1NC(=S)c1c(-c2ccccc2)c2c3n(c(COc4ccc(Br)cc4)nn13)CCCC2. The van der Waals surface area contributed by atoms with E-state index >= 15 is 0 Å². The summed E-state index contributed by atoms with van der Waals surface area (Å²) in [7, 11) is 1.66. The van der Waals surface area contributed by atoms with Crippen molar-refractivity contribution in [3.63, 3.8) is 0 Å². The summed E-state index contributed by atoms with van der Waals surface area (Å²) < 4.78 is 17.1. The van der Waals surface area contributed by atoms with Gasteiger partial charge >= 0.3 is 0 Å². The standard InChI is InChI=1S/C30H27BrN4O2S/c1-36-25-13-6-5-12-24(25)32-29(38)28-27(20-9-3-2-4-10-20)23-11-7-8-18-34-26(33-35(28)30(23)34)19-37-22-16-14-21(31)15-17-22/h2-6,9-10,12-17H,7-8,11,18-19H2,1H3,(H,32,38). The van der Waals surface area contributed by atoms with Crippen LogP contribution in [-0.4, -0.2) is 26.3 Å². The number of ether oxygens (including phenoxy) is 2. The molecule has 0 amide bonds. The molecule has 0 spiro atoms. The molecule has 38 heavy (non-hydrogen) atoms. The summed E-state index contributed by atoms with van der Waals surface area (Å²) in [4.78, 5) is 0.597. The molecular weight excluding hydrogens is 560 g/mol. The second-order valence-corrected chi connectivity index (χ2v) is 10.5. The van der Waals surface area contributed by atoms with Crippen LogP contribution in [0.3, 0.4) is 0 Å². The van der Waals surface area contributed by atoms with Crippen LogP contribution in [0.5, 0.6) is 11.5 Å². The Hall–Kier alpha value is -3.62. The molecule has 0 fully saturated rings. The lowest BCUT2D eigenvalue weighted by atomic mass is 9.98. The van der Waals surface area contributed by atoms with Crippen molar-refractivity contribution >= 4 is 44.5 Å². The van der Waals surface area contributed by atoms with E-state index in [1.54, 1.807) is 7.11 Å². The predicted octanol–water partition coefficient (Wildman–Crippen LogP) is 7.28. The number of anilines is 1. The Bertz CT molecular complexity index is 1610. The smallest absolute Gasteiger partial charge is 0.169 e. The van der Waals surface area contributed by atoms with Gasteiger partial charge in [-0.05, 0) is 61.2 Å². The fourth-order valence-corrected chi connectivity index (χ4v) is 5.71. The second-order valence-electron chi connectivity index (χ2n) is 9.23. The number of hydrogen-bond donors (Lipinski definition) is 1. The third-order valence-electron chi connectivity index (χ3n) is 6.88. The Kier molecular flexibility index (Phi) is 6.91. The van der Waals surface area contributed by atoms with Gasteiger partial charge in [-0.3, -0.25) is 0 Å². The van der Waals surface area contributed by atoms with E-state index in [9.17, 15) is 0 Å². The van der Waals surface area contributed by atoms with Crippen molar-refractivity contribution in [2.45, 2.75) is 32.4 Å².